The fourth-order valence-electron chi connectivity index (χ4n) is 2.49. The summed E-state index contributed by atoms with van der Waals surface area (Å²) < 4.78 is 4.68. The molecule has 0 heterocycles. The first kappa shape index (κ1) is 15.6. The number of methoxy groups -OCH3 is 1. The summed E-state index contributed by atoms with van der Waals surface area (Å²) in [7, 11) is 1.29. The maximum absolute atomic E-state index is 12.5. The maximum atomic E-state index is 12.5. The van der Waals surface area contributed by atoms with Gasteiger partial charge in [0.1, 0.15) is 0 Å². The second kappa shape index (κ2) is 6.42. The second-order valence-electron chi connectivity index (χ2n) is 5.35. The first-order valence-electron chi connectivity index (χ1n) is 7.36. The summed E-state index contributed by atoms with van der Waals surface area (Å²) in [5.74, 6) is -0.786. The highest BCUT2D eigenvalue weighted by Crippen LogP contribution is 2.20. The number of nitrogen functional groups attached to an aromatic ring is 1. The molecule has 0 fully saturated rings. The van der Waals surface area contributed by atoms with Crippen LogP contribution in [0.1, 0.15) is 20.7 Å². The van der Waals surface area contributed by atoms with Gasteiger partial charge in [-0.15, -0.1) is 0 Å². The average molecular weight is 320 g/mol. The van der Waals surface area contributed by atoms with E-state index in [-0.39, 0.29) is 11.5 Å². The Morgan fingerprint density at radius 1 is 0.917 bits per heavy atom. The molecule has 5 nitrogen and oxygen atoms in total. The summed E-state index contributed by atoms with van der Waals surface area (Å²) in [6.07, 6.45) is 0. The van der Waals surface area contributed by atoms with Crippen LogP contribution in [0.3, 0.4) is 0 Å². The number of nitrogens with one attached hydrogen (secondary N) is 1. The van der Waals surface area contributed by atoms with E-state index in [4.69, 9.17) is 5.73 Å². The smallest absolute Gasteiger partial charge is 0.337 e. The molecule has 120 valence electrons. The summed E-state index contributed by atoms with van der Waals surface area (Å²) in [6, 6.07) is 17.9. The van der Waals surface area contributed by atoms with Crippen LogP contribution in [0.2, 0.25) is 0 Å². The average Bonchev–Trinajstić information content (AvgIpc) is 2.60. The van der Waals surface area contributed by atoms with E-state index in [0.717, 1.165) is 10.8 Å². The van der Waals surface area contributed by atoms with Crippen molar-refractivity contribution >= 4 is 34.0 Å². The van der Waals surface area contributed by atoms with Gasteiger partial charge in [0.15, 0.2) is 0 Å². The number of fused-ring (bicyclic) bond motifs is 1. The van der Waals surface area contributed by atoms with Crippen molar-refractivity contribution in [1.82, 2.24) is 0 Å². The molecule has 3 N–H and O–H groups in total. The molecule has 0 spiro atoms. The topological polar surface area (TPSA) is 81.4 Å². The third-order valence-electron chi connectivity index (χ3n) is 3.65. The number of amides is 1. The minimum absolute atomic E-state index is 0.276. The number of benzene rings is 3. The first-order valence-corrected chi connectivity index (χ1v) is 7.36. The molecule has 0 unspecified atom stereocenters. The third-order valence-corrected chi connectivity index (χ3v) is 3.65. The lowest BCUT2D eigenvalue weighted by Crippen LogP contribution is -2.13. The van der Waals surface area contributed by atoms with E-state index < -0.39 is 5.97 Å². The Hall–Kier alpha value is -3.34. The molecule has 0 saturated heterocycles. The molecular formula is C19H16N2O3. The highest BCUT2D eigenvalue weighted by molar-refractivity contribution is 6.07. The van der Waals surface area contributed by atoms with Gasteiger partial charge in [0.05, 0.1) is 12.7 Å². The lowest BCUT2D eigenvalue weighted by atomic mass is 10.1. The van der Waals surface area contributed by atoms with Crippen LogP contribution in [0.4, 0.5) is 11.4 Å². The third kappa shape index (κ3) is 3.20. The molecule has 3 aromatic rings. The fraction of sp³-hybridized carbons (Fsp3) is 0.0526. The lowest BCUT2D eigenvalue weighted by molar-refractivity contribution is 0.0600. The van der Waals surface area contributed by atoms with Crippen molar-refractivity contribution in [3.8, 4) is 0 Å². The van der Waals surface area contributed by atoms with Crippen LogP contribution < -0.4 is 11.1 Å². The molecular weight excluding hydrogens is 304 g/mol. The number of hydrogen-bond donors (Lipinski definition) is 2. The Labute approximate surface area is 139 Å². The van der Waals surface area contributed by atoms with Crippen LogP contribution in [0.25, 0.3) is 10.8 Å². The van der Waals surface area contributed by atoms with Crippen molar-refractivity contribution in [2.45, 2.75) is 0 Å². The zero-order valence-electron chi connectivity index (χ0n) is 13.1. The van der Waals surface area contributed by atoms with Crippen LogP contribution in [0.15, 0.2) is 60.7 Å². The summed E-state index contributed by atoms with van der Waals surface area (Å²) in [6.45, 7) is 0. The monoisotopic (exact) mass is 320 g/mol. The van der Waals surface area contributed by atoms with Crippen molar-refractivity contribution in [2.75, 3.05) is 18.2 Å². The molecule has 0 aliphatic rings. The van der Waals surface area contributed by atoms with Crippen LogP contribution in [-0.2, 0) is 4.74 Å². The highest BCUT2D eigenvalue weighted by atomic mass is 16.5. The molecule has 0 saturated carbocycles. The summed E-state index contributed by atoms with van der Waals surface area (Å²) >= 11 is 0. The highest BCUT2D eigenvalue weighted by Gasteiger charge is 2.11. The van der Waals surface area contributed by atoms with E-state index in [9.17, 15) is 9.59 Å². The van der Waals surface area contributed by atoms with E-state index in [2.05, 4.69) is 10.1 Å². The summed E-state index contributed by atoms with van der Waals surface area (Å²) in [5.41, 5.74) is 7.39. The van der Waals surface area contributed by atoms with Crippen LogP contribution in [0, 0.1) is 0 Å². The lowest BCUT2D eigenvalue weighted by Gasteiger charge is -2.09. The van der Waals surface area contributed by atoms with E-state index in [1.54, 1.807) is 12.1 Å². The van der Waals surface area contributed by atoms with Gasteiger partial charge in [-0.05, 0) is 41.1 Å². The van der Waals surface area contributed by atoms with E-state index >= 15 is 0 Å². The van der Waals surface area contributed by atoms with Crippen molar-refractivity contribution in [2.24, 2.45) is 0 Å². The quantitative estimate of drug-likeness (QED) is 0.572. The molecule has 0 aliphatic heterocycles. The number of carbonyl (C=O) groups excluding carboxylic acids is 2. The number of anilines is 2. The molecule has 0 aliphatic carbocycles. The minimum Gasteiger partial charge on any atom is -0.465 e. The fourth-order valence-corrected chi connectivity index (χ4v) is 2.49. The molecule has 1 amide bonds. The normalized spacial score (nSPS) is 10.4. The summed E-state index contributed by atoms with van der Waals surface area (Å²) in [5, 5.41) is 4.80. The first-order chi connectivity index (χ1) is 11.6. The number of ether oxygens (including phenoxy) is 1. The number of rotatable bonds is 3. The van der Waals surface area contributed by atoms with Gasteiger partial charge in [-0.3, -0.25) is 4.79 Å². The number of esters is 1. The van der Waals surface area contributed by atoms with Crippen LogP contribution >= 0.6 is 0 Å². The van der Waals surface area contributed by atoms with Gasteiger partial charge in [-0.2, -0.15) is 0 Å². The van der Waals surface area contributed by atoms with Crippen LogP contribution in [0.5, 0.6) is 0 Å². The van der Waals surface area contributed by atoms with Gasteiger partial charge in [0.2, 0.25) is 0 Å². The minimum atomic E-state index is -0.511. The Morgan fingerprint density at radius 2 is 1.67 bits per heavy atom. The van der Waals surface area contributed by atoms with Gasteiger partial charge in [0, 0.05) is 16.9 Å². The molecule has 0 radical (unpaired) electrons. The van der Waals surface area contributed by atoms with Gasteiger partial charge >= 0.3 is 5.97 Å². The SMILES string of the molecule is COC(=O)c1cc(N)cc(NC(=O)c2ccc3ccccc3c2)c1. The Kier molecular flexibility index (Phi) is 4.16. The van der Waals surface area contributed by atoms with Crippen molar-refractivity contribution in [3.63, 3.8) is 0 Å². The number of hydrogen-bond acceptors (Lipinski definition) is 4. The van der Waals surface area contributed by atoms with Gasteiger partial charge in [-0.1, -0.05) is 30.3 Å². The molecule has 5 heteroatoms. The van der Waals surface area contributed by atoms with Gasteiger partial charge < -0.3 is 15.8 Å². The molecule has 3 rings (SSSR count). The summed E-state index contributed by atoms with van der Waals surface area (Å²) in [4.78, 5) is 24.1. The molecule has 0 atom stereocenters. The Morgan fingerprint density at radius 3 is 2.42 bits per heavy atom. The predicted octanol–water partition coefficient (Wildman–Crippen LogP) is 3.46. The molecule has 24 heavy (non-hydrogen) atoms. The van der Waals surface area contributed by atoms with Crippen LogP contribution in [-0.4, -0.2) is 19.0 Å². The number of nitrogens with two attached hydrogens (primary N) is 1. The van der Waals surface area contributed by atoms with Crippen molar-refractivity contribution in [3.05, 3.63) is 71.8 Å². The predicted molar refractivity (Wildman–Crippen MR) is 94.1 cm³/mol. The van der Waals surface area contributed by atoms with Crippen molar-refractivity contribution < 1.29 is 14.3 Å². The molecule has 3 aromatic carbocycles. The largest absolute Gasteiger partial charge is 0.465 e. The maximum Gasteiger partial charge on any atom is 0.337 e. The standard InChI is InChI=1S/C19H16N2O3/c1-24-19(23)15-9-16(20)11-17(10-15)21-18(22)14-7-6-12-4-2-3-5-13(12)8-14/h2-11H,20H2,1H3,(H,21,22). The molecule has 0 aromatic heterocycles. The van der Waals surface area contributed by atoms with E-state index in [0.29, 0.717) is 16.9 Å². The zero-order valence-corrected chi connectivity index (χ0v) is 13.1. The van der Waals surface area contributed by atoms with Gasteiger partial charge in [-0.25, -0.2) is 4.79 Å². The molecule has 0 bridgehead atoms. The Bertz CT molecular complexity index is 935. The van der Waals surface area contributed by atoms with Gasteiger partial charge in [0.25, 0.3) is 5.91 Å². The Balaban J connectivity index is 1.88. The van der Waals surface area contributed by atoms with E-state index in [1.807, 2.05) is 36.4 Å². The van der Waals surface area contributed by atoms with Crippen molar-refractivity contribution in [1.29, 1.82) is 0 Å². The zero-order chi connectivity index (χ0) is 17.1. The second-order valence-corrected chi connectivity index (χ2v) is 5.35. The van der Waals surface area contributed by atoms with E-state index in [1.165, 1.54) is 19.2 Å². The number of carbonyl (C=O) groups is 2.